The second-order valence-electron chi connectivity index (χ2n) is 2.67. The van der Waals surface area contributed by atoms with E-state index in [0.29, 0.717) is 11.1 Å². The van der Waals surface area contributed by atoms with Crippen LogP contribution in [0.2, 0.25) is 0 Å². The van der Waals surface area contributed by atoms with Gasteiger partial charge in [0.2, 0.25) is 0 Å². The quantitative estimate of drug-likeness (QED) is 0.285. The van der Waals surface area contributed by atoms with E-state index < -0.39 is 11.9 Å². The third-order valence-corrected chi connectivity index (χ3v) is 1.88. The van der Waals surface area contributed by atoms with Gasteiger partial charge in [-0.3, -0.25) is 0 Å². The SMILES string of the molecule is Bc1cccc2c1C(=O)OC2=O. The minimum Gasteiger partial charge on any atom is -0.386 e. The van der Waals surface area contributed by atoms with Crippen molar-refractivity contribution in [2.45, 2.75) is 0 Å². The molecule has 12 heavy (non-hydrogen) atoms. The van der Waals surface area contributed by atoms with Crippen LogP contribution in [0.25, 0.3) is 0 Å². The molecule has 0 radical (unpaired) electrons. The Hall–Kier alpha value is -1.58. The first-order valence-corrected chi connectivity index (χ1v) is 3.56. The molecule has 0 amide bonds. The van der Waals surface area contributed by atoms with Crippen LogP contribution in [0.5, 0.6) is 0 Å². The monoisotopic (exact) mass is 160 g/mol. The summed E-state index contributed by atoms with van der Waals surface area (Å²) in [7, 11) is 1.78. The molecule has 1 aromatic rings. The minimum atomic E-state index is -0.543. The lowest BCUT2D eigenvalue weighted by Crippen LogP contribution is -2.13. The summed E-state index contributed by atoms with van der Waals surface area (Å²) in [6, 6.07) is 5.10. The average molecular weight is 160 g/mol. The maximum atomic E-state index is 11.1. The second-order valence-corrected chi connectivity index (χ2v) is 2.67. The van der Waals surface area contributed by atoms with Gasteiger partial charge in [0, 0.05) is 0 Å². The molecule has 0 N–H and O–H groups in total. The molecular weight excluding hydrogens is 155 g/mol. The van der Waals surface area contributed by atoms with Gasteiger partial charge >= 0.3 is 11.9 Å². The largest absolute Gasteiger partial charge is 0.386 e. The van der Waals surface area contributed by atoms with Crippen molar-refractivity contribution in [2.75, 3.05) is 0 Å². The number of esters is 2. The van der Waals surface area contributed by atoms with Crippen LogP contribution in [0.15, 0.2) is 18.2 Å². The highest BCUT2D eigenvalue weighted by Crippen LogP contribution is 2.16. The summed E-state index contributed by atoms with van der Waals surface area (Å²) in [6.07, 6.45) is 0. The van der Waals surface area contributed by atoms with Crippen LogP contribution < -0.4 is 5.46 Å². The molecule has 1 aliphatic rings. The van der Waals surface area contributed by atoms with E-state index in [-0.39, 0.29) is 0 Å². The number of carbonyl (C=O) groups is 2. The Morgan fingerprint density at radius 3 is 2.58 bits per heavy atom. The van der Waals surface area contributed by atoms with Crippen LogP contribution in [-0.4, -0.2) is 19.8 Å². The average Bonchev–Trinajstić information content (AvgIpc) is 2.29. The summed E-state index contributed by atoms with van der Waals surface area (Å²) in [5, 5.41) is 0. The normalized spacial score (nSPS) is 14.3. The fourth-order valence-electron chi connectivity index (χ4n) is 1.30. The van der Waals surface area contributed by atoms with Crippen molar-refractivity contribution in [1.82, 2.24) is 0 Å². The number of cyclic esters (lactones) is 2. The van der Waals surface area contributed by atoms with E-state index in [9.17, 15) is 9.59 Å². The van der Waals surface area contributed by atoms with Crippen molar-refractivity contribution in [1.29, 1.82) is 0 Å². The van der Waals surface area contributed by atoms with Crippen molar-refractivity contribution in [2.24, 2.45) is 0 Å². The third kappa shape index (κ3) is 0.779. The van der Waals surface area contributed by atoms with Gasteiger partial charge < -0.3 is 4.74 Å². The molecule has 0 bridgehead atoms. The smallest absolute Gasteiger partial charge is 0.346 e. The Morgan fingerprint density at radius 1 is 1.17 bits per heavy atom. The number of ether oxygens (including phenoxy) is 1. The van der Waals surface area contributed by atoms with Gasteiger partial charge in [-0.1, -0.05) is 17.6 Å². The summed E-state index contributed by atoms with van der Waals surface area (Å²) in [5.74, 6) is -1.08. The molecule has 1 heterocycles. The van der Waals surface area contributed by atoms with E-state index in [4.69, 9.17) is 0 Å². The van der Waals surface area contributed by atoms with Gasteiger partial charge in [-0.2, -0.15) is 0 Å². The van der Waals surface area contributed by atoms with E-state index in [1.165, 1.54) is 0 Å². The van der Waals surface area contributed by atoms with Crippen LogP contribution in [0.3, 0.4) is 0 Å². The van der Waals surface area contributed by atoms with Crippen molar-refractivity contribution < 1.29 is 14.3 Å². The highest BCUT2D eigenvalue weighted by molar-refractivity contribution is 6.38. The molecule has 0 saturated heterocycles. The van der Waals surface area contributed by atoms with Crippen LogP contribution in [0, 0.1) is 0 Å². The molecule has 0 spiro atoms. The summed E-state index contributed by atoms with van der Waals surface area (Å²) < 4.78 is 4.43. The lowest BCUT2D eigenvalue weighted by molar-refractivity contribution is 0.0444. The van der Waals surface area contributed by atoms with E-state index >= 15 is 0 Å². The molecular formula is C8H5BO3. The van der Waals surface area contributed by atoms with Gasteiger partial charge in [-0.05, 0) is 6.07 Å². The summed E-state index contributed by atoms with van der Waals surface area (Å²) in [5.41, 5.74) is 1.56. The fraction of sp³-hybridized carbons (Fsp3) is 0. The highest BCUT2D eigenvalue weighted by Gasteiger charge is 2.30. The van der Waals surface area contributed by atoms with Gasteiger partial charge in [0.05, 0.1) is 11.1 Å². The van der Waals surface area contributed by atoms with E-state index in [0.717, 1.165) is 5.46 Å². The van der Waals surface area contributed by atoms with E-state index in [1.54, 1.807) is 26.0 Å². The number of fused-ring (bicyclic) bond motifs is 1. The Labute approximate surface area is 69.7 Å². The highest BCUT2D eigenvalue weighted by atomic mass is 16.6. The Kier molecular flexibility index (Phi) is 1.30. The second kappa shape index (κ2) is 2.20. The van der Waals surface area contributed by atoms with Crippen molar-refractivity contribution in [3.8, 4) is 0 Å². The topological polar surface area (TPSA) is 43.4 Å². The van der Waals surface area contributed by atoms with Gasteiger partial charge in [0.15, 0.2) is 0 Å². The van der Waals surface area contributed by atoms with Gasteiger partial charge in [0.25, 0.3) is 0 Å². The first-order valence-electron chi connectivity index (χ1n) is 3.56. The molecule has 0 atom stereocenters. The van der Waals surface area contributed by atoms with Gasteiger partial charge in [-0.15, -0.1) is 0 Å². The molecule has 0 aromatic heterocycles. The fourth-order valence-corrected chi connectivity index (χ4v) is 1.30. The lowest BCUT2D eigenvalue weighted by Gasteiger charge is -1.95. The van der Waals surface area contributed by atoms with Crippen LogP contribution in [-0.2, 0) is 4.74 Å². The van der Waals surface area contributed by atoms with Crippen LogP contribution in [0.4, 0.5) is 0 Å². The molecule has 3 nitrogen and oxygen atoms in total. The molecule has 0 fully saturated rings. The first kappa shape index (κ1) is 7.09. The maximum absolute atomic E-state index is 11.1. The predicted octanol–water partition coefficient (Wildman–Crippen LogP) is -0.744. The van der Waals surface area contributed by atoms with Crippen LogP contribution >= 0.6 is 0 Å². The number of hydrogen-bond donors (Lipinski definition) is 0. The molecule has 2 rings (SSSR count). The molecule has 4 heteroatoms. The van der Waals surface area contributed by atoms with Gasteiger partial charge in [0.1, 0.15) is 7.85 Å². The zero-order valence-corrected chi connectivity index (χ0v) is 6.46. The maximum Gasteiger partial charge on any atom is 0.346 e. The zero-order chi connectivity index (χ0) is 8.72. The summed E-state index contributed by atoms with van der Waals surface area (Å²) in [4.78, 5) is 22.0. The van der Waals surface area contributed by atoms with Crippen molar-refractivity contribution in [3.63, 3.8) is 0 Å². The summed E-state index contributed by atoms with van der Waals surface area (Å²) >= 11 is 0. The van der Waals surface area contributed by atoms with E-state index in [1.807, 2.05) is 0 Å². The molecule has 58 valence electrons. The standard InChI is InChI=1S/C8H5BO3/c9-5-3-1-2-4-6(5)8(11)12-7(4)10/h1-3H,9H2. The molecule has 1 aliphatic heterocycles. The third-order valence-electron chi connectivity index (χ3n) is 1.88. The number of hydrogen-bond acceptors (Lipinski definition) is 3. The van der Waals surface area contributed by atoms with Crippen molar-refractivity contribution >= 4 is 25.2 Å². The Balaban J connectivity index is 2.75. The molecule has 1 aromatic carbocycles. The lowest BCUT2D eigenvalue weighted by atomic mass is 9.88. The molecule has 0 unspecified atom stereocenters. The minimum absolute atomic E-state index is 0.375. The Bertz CT molecular complexity index is 384. The Morgan fingerprint density at radius 2 is 1.92 bits per heavy atom. The number of rotatable bonds is 0. The molecule has 0 saturated carbocycles. The van der Waals surface area contributed by atoms with Gasteiger partial charge in [-0.25, -0.2) is 9.59 Å². The van der Waals surface area contributed by atoms with Crippen LogP contribution in [0.1, 0.15) is 20.7 Å². The summed E-state index contributed by atoms with van der Waals surface area (Å²) in [6.45, 7) is 0. The van der Waals surface area contributed by atoms with E-state index in [2.05, 4.69) is 4.74 Å². The number of carbonyl (C=O) groups excluding carboxylic acids is 2. The first-order chi connectivity index (χ1) is 5.70. The predicted molar refractivity (Wildman–Crippen MR) is 44.4 cm³/mol. The molecule has 0 aliphatic carbocycles. The number of benzene rings is 1. The zero-order valence-electron chi connectivity index (χ0n) is 6.46. The van der Waals surface area contributed by atoms with Crippen molar-refractivity contribution in [3.05, 3.63) is 29.3 Å².